The van der Waals surface area contributed by atoms with E-state index in [4.69, 9.17) is 4.74 Å². The van der Waals surface area contributed by atoms with Gasteiger partial charge in [-0.25, -0.2) is 4.79 Å². The molecule has 2 N–H and O–H groups in total. The lowest BCUT2D eigenvalue weighted by Crippen LogP contribution is -2.33. The lowest BCUT2D eigenvalue weighted by Gasteiger charge is -2.22. The summed E-state index contributed by atoms with van der Waals surface area (Å²) in [7, 11) is 0. The number of ether oxygens (including phenoxy) is 1. The van der Waals surface area contributed by atoms with Crippen molar-refractivity contribution < 1.29 is 36.6 Å². The highest BCUT2D eigenvalue weighted by molar-refractivity contribution is 5.87. The second-order valence-corrected chi connectivity index (χ2v) is 5.43. The van der Waals surface area contributed by atoms with E-state index >= 15 is 0 Å². The molecule has 124 valence electrons. The summed E-state index contributed by atoms with van der Waals surface area (Å²) in [4.78, 5) is 11.5. The number of phenols is 1. The van der Waals surface area contributed by atoms with Crippen LogP contribution in [0.2, 0.25) is 0 Å². The minimum absolute atomic E-state index is 0.340. The van der Waals surface area contributed by atoms with Gasteiger partial charge in [0.05, 0.1) is 5.69 Å². The number of phenolic OH excluding ortho intramolecular Hbond substituents is 1. The molecule has 9 heteroatoms. The van der Waals surface area contributed by atoms with Gasteiger partial charge in [0.1, 0.15) is 11.4 Å². The molecular formula is C13H14F5NO3. The molecule has 0 heterocycles. The van der Waals surface area contributed by atoms with Crippen molar-refractivity contribution in [2.45, 2.75) is 38.5 Å². The molecule has 1 amide bonds. The smallest absolute Gasteiger partial charge is 0.458 e. The summed E-state index contributed by atoms with van der Waals surface area (Å²) in [6.07, 6.45) is -6.90. The number of carbonyl (C=O) groups is 1. The molecule has 22 heavy (non-hydrogen) atoms. The Hall–Kier alpha value is -2.06. The maximum absolute atomic E-state index is 13.2. The molecule has 0 aliphatic rings. The van der Waals surface area contributed by atoms with Gasteiger partial charge in [-0.05, 0) is 39.0 Å². The number of nitrogens with one attached hydrogen (secondary N) is 1. The summed E-state index contributed by atoms with van der Waals surface area (Å²) < 4.78 is 68.2. The maximum atomic E-state index is 13.2. The Morgan fingerprint density at radius 2 is 1.68 bits per heavy atom. The molecule has 1 aromatic carbocycles. The van der Waals surface area contributed by atoms with E-state index in [0.29, 0.717) is 18.2 Å². The van der Waals surface area contributed by atoms with E-state index in [1.165, 1.54) is 20.8 Å². The Morgan fingerprint density at radius 3 is 2.14 bits per heavy atom. The summed E-state index contributed by atoms with van der Waals surface area (Å²) in [6.45, 7) is 4.59. The van der Waals surface area contributed by atoms with Crippen molar-refractivity contribution in [1.82, 2.24) is 0 Å². The molecule has 0 aromatic heterocycles. The van der Waals surface area contributed by atoms with E-state index < -0.39 is 40.8 Å². The molecule has 1 aromatic rings. The first-order valence-corrected chi connectivity index (χ1v) is 6.02. The zero-order valence-electron chi connectivity index (χ0n) is 11.9. The quantitative estimate of drug-likeness (QED) is 0.625. The third kappa shape index (κ3) is 4.22. The van der Waals surface area contributed by atoms with E-state index in [1.54, 1.807) is 0 Å². The highest BCUT2D eigenvalue weighted by Gasteiger charge is 2.58. The van der Waals surface area contributed by atoms with Gasteiger partial charge < -0.3 is 9.84 Å². The number of hydrogen-bond donors (Lipinski definition) is 2. The topological polar surface area (TPSA) is 58.6 Å². The van der Waals surface area contributed by atoms with Gasteiger partial charge in [-0.1, -0.05) is 0 Å². The largest absolute Gasteiger partial charge is 0.506 e. The van der Waals surface area contributed by atoms with Crippen LogP contribution in [0.3, 0.4) is 0 Å². The normalized spacial score (nSPS) is 12.9. The van der Waals surface area contributed by atoms with E-state index in [0.717, 1.165) is 0 Å². The fraction of sp³-hybridized carbons (Fsp3) is 0.462. The lowest BCUT2D eigenvalue weighted by atomic mass is 10.1. The lowest BCUT2D eigenvalue weighted by molar-refractivity contribution is -0.289. The fourth-order valence-corrected chi connectivity index (χ4v) is 1.41. The van der Waals surface area contributed by atoms with Crippen molar-refractivity contribution in [3.63, 3.8) is 0 Å². The molecule has 4 nitrogen and oxygen atoms in total. The first-order chi connectivity index (χ1) is 9.74. The van der Waals surface area contributed by atoms with Crippen molar-refractivity contribution in [3.8, 4) is 5.75 Å². The van der Waals surface area contributed by atoms with Crippen LogP contribution in [0.5, 0.6) is 5.75 Å². The van der Waals surface area contributed by atoms with Gasteiger partial charge >= 0.3 is 18.2 Å². The summed E-state index contributed by atoms with van der Waals surface area (Å²) in [6, 6.07) is 1.39. The van der Waals surface area contributed by atoms with Gasteiger partial charge in [-0.3, -0.25) is 5.32 Å². The van der Waals surface area contributed by atoms with E-state index in [-0.39, 0.29) is 0 Å². The van der Waals surface area contributed by atoms with Crippen LogP contribution < -0.4 is 5.32 Å². The highest BCUT2D eigenvalue weighted by Crippen LogP contribution is 2.45. The molecule has 0 bridgehead atoms. The third-order valence-electron chi connectivity index (χ3n) is 2.35. The summed E-state index contributed by atoms with van der Waals surface area (Å²) >= 11 is 0. The van der Waals surface area contributed by atoms with Gasteiger partial charge in [0.15, 0.2) is 0 Å². The Bertz CT molecular complexity index is 564. The summed E-state index contributed by atoms with van der Waals surface area (Å²) in [5.74, 6) is -5.79. The van der Waals surface area contributed by atoms with Crippen LogP contribution in [0.4, 0.5) is 32.4 Å². The van der Waals surface area contributed by atoms with Gasteiger partial charge in [0, 0.05) is 5.56 Å². The average molecular weight is 327 g/mol. The molecule has 0 saturated heterocycles. The number of amides is 1. The Kier molecular flexibility index (Phi) is 4.59. The standard InChI is InChI=1S/C13H14F5NO3/c1-11(2,3)22-10(21)19-8-6-7(4-5-9(8)20)12(14,15)13(16,17)18/h4-6,20H,1-3H3,(H,19,21). The fourth-order valence-electron chi connectivity index (χ4n) is 1.41. The first kappa shape index (κ1) is 18.0. The molecule has 0 aliphatic carbocycles. The second kappa shape index (κ2) is 5.62. The number of rotatable bonds is 2. The van der Waals surface area contributed by atoms with E-state index in [1.807, 2.05) is 5.32 Å². The van der Waals surface area contributed by atoms with Crippen LogP contribution in [0.1, 0.15) is 26.3 Å². The number of halogens is 5. The molecule has 1 rings (SSSR count). The molecule has 0 radical (unpaired) electrons. The van der Waals surface area contributed by atoms with Gasteiger partial charge in [-0.2, -0.15) is 22.0 Å². The van der Waals surface area contributed by atoms with Crippen LogP contribution in [-0.2, 0) is 10.7 Å². The van der Waals surface area contributed by atoms with Crippen molar-refractivity contribution >= 4 is 11.8 Å². The number of benzene rings is 1. The van der Waals surface area contributed by atoms with Crippen LogP contribution in [0, 0.1) is 0 Å². The molecule has 0 atom stereocenters. The summed E-state index contributed by atoms with van der Waals surface area (Å²) in [5.41, 5.74) is -2.94. The molecule has 0 aliphatic heterocycles. The highest BCUT2D eigenvalue weighted by atomic mass is 19.4. The zero-order chi connectivity index (χ0) is 17.3. The first-order valence-electron chi connectivity index (χ1n) is 6.02. The van der Waals surface area contributed by atoms with Crippen molar-refractivity contribution in [1.29, 1.82) is 0 Å². The second-order valence-electron chi connectivity index (χ2n) is 5.43. The Labute approximate surface area is 122 Å². The van der Waals surface area contributed by atoms with Crippen LogP contribution >= 0.6 is 0 Å². The Morgan fingerprint density at radius 1 is 1.14 bits per heavy atom. The molecule has 0 spiro atoms. The van der Waals surface area contributed by atoms with Crippen LogP contribution in [0.15, 0.2) is 18.2 Å². The van der Waals surface area contributed by atoms with E-state index in [9.17, 15) is 31.9 Å². The van der Waals surface area contributed by atoms with Crippen molar-refractivity contribution in [2.75, 3.05) is 5.32 Å². The summed E-state index contributed by atoms with van der Waals surface area (Å²) in [5, 5.41) is 11.4. The van der Waals surface area contributed by atoms with Gasteiger partial charge in [-0.15, -0.1) is 0 Å². The van der Waals surface area contributed by atoms with Crippen LogP contribution in [-0.4, -0.2) is 23.0 Å². The van der Waals surface area contributed by atoms with Gasteiger partial charge in [0.2, 0.25) is 0 Å². The predicted octanol–water partition coefficient (Wildman–Crippen LogP) is 4.39. The number of hydrogen-bond acceptors (Lipinski definition) is 3. The minimum Gasteiger partial charge on any atom is -0.506 e. The number of carbonyl (C=O) groups excluding carboxylic acids is 1. The monoisotopic (exact) mass is 327 g/mol. The number of alkyl halides is 5. The van der Waals surface area contributed by atoms with Crippen molar-refractivity contribution in [3.05, 3.63) is 23.8 Å². The Balaban J connectivity index is 3.09. The zero-order valence-corrected chi connectivity index (χ0v) is 11.9. The van der Waals surface area contributed by atoms with Gasteiger partial charge in [0.25, 0.3) is 0 Å². The average Bonchev–Trinajstić information content (AvgIpc) is 2.27. The van der Waals surface area contributed by atoms with Crippen LogP contribution in [0.25, 0.3) is 0 Å². The number of aromatic hydroxyl groups is 1. The predicted molar refractivity (Wildman–Crippen MR) is 67.9 cm³/mol. The molecule has 0 fully saturated rings. The maximum Gasteiger partial charge on any atom is 0.458 e. The minimum atomic E-state index is -5.80. The van der Waals surface area contributed by atoms with Crippen molar-refractivity contribution in [2.24, 2.45) is 0 Å². The van der Waals surface area contributed by atoms with E-state index in [2.05, 4.69) is 0 Å². The molecule has 0 unspecified atom stereocenters. The number of anilines is 1. The SMILES string of the molecule is CC(C)(C)OC(=O)Nc1cc(C(F)(F)C(F)(F)F)ccc1O. The molecule has 0 saturated carbocycles. The third-order valence-corrected chi connectivity index (χ3v) is 2.35. The molecular weight excluding hydrogens is 313 g/mol.